The first-order chi connectivity index (χ1) is 7.78. The van der Waals surface area contributed by atoms with E-state index in [-0.39, 0.29) is 6.42 Å². The molecule has 1 rings (SSSR count). The first kappa shape index (κ1) is 14.0. The monoisotopic (exact) mass is 276 g/mol. The van der Waals surface area contributed by atoms with Gasteiger partial charge in [0.15, 0.2) is 0 Å². The summed E-state index contributed by atoms with van der Waals surface area (Å²) in [4.78, 5) is 10.9. The maximum atomic E-state index is 11.2. The van der Waals surface area contributed by atoms with Gasteiger partial charge in [0.1, 0.15) is 0 Å². The van der Waals surface area contributed by atoms with Gasteiger partial charge in [0, 0.05) is 11.4 Å². The summed E-state index contributed by atoms with van der Waals surface area (Å²) in [6.07, 6.45) is 0.922. The van der Waals surface area contributed by atoms with E-state index in [1.807, 2.05) is 0 Å². The molecule has 0 heterocycles. The third kappa shape index (κ3) is 5.16. The molecule has 1 atom stereocenters. The smallest absolute Gasteiger partial charge is 0.219 e. The minimum atomic E-state index is -3.42. The van der Waals surface area contributed by atoms with Gasteiger partial charge in [0.05, 0.1) is 12.3 Å². The van der Waals surface area contributed by atoms with Gasteiger partial charge in [-0.25, -0.2) is 13.1 Å². The van der Waals surface area contributed by atoms with E-state index in [1.54, 1.807) is 24.3 Å². The number of halogens is 1. The highest BCUT2D eigenvalue weighted by Crippen LogP contribution is 2.19. The Morgan fingerprint density at radius 1 is 1.41 bits per heavy atom. The van der Waals surface area contributed by atoms with Crippen molar-refractivity contribution in [1.29, 1.82) is 0 Å². The van der Waals surface area contributed by atoms with E-state index < -0.39 is 22.0 Å². The van der Waals surface area contributed by atoms with E-state index in [4.69, 9.17) is 17.3 Å². The Hall–Kier alpha value is -1.11. The quantitative estimate of drug-likeness (QED) is 0.834. The molecular weight excluding hydrogens is 264 g/mol. The second-order valence-corrected chi connectivity index (χ2v) is 5.88. The van der Waals surface area contributed by atoms with Crippen LogP contribution >= 0.6 is 11.6 Å². The average molecular weight is 277 g/mol. The normalized spacial score (nSPS) is 13.3. The number of primary amides is 1. The second kappa shape index (κ2) is 5.48. The predicted molar refractivity (Wildman–Crippen MR) is 66.0 cm³/mol. The molecule has 0 unspecified atom stereocenters. The fourth-order valence-corrected chi connectivity index (χ4v) is 2.24. The molecule has 94 valence electrons. The number of sulfonamides is 1. The van der Waals surface area contributed by atoms with E-state index in [9.17, 15) is 13.2 Å². The molecule has 0 spiro atoms. The van der Waals surface area contributed by atoms with E-state index in [0.717, 1.165) is 6.26 Å². The lowest BCUT2D eigenvalue weighted by Gasteiger charge is -2.16. The minimum absolute atomic E-state index is 0.102. The fraction of sp³-hybridized carbons (Fsp3) is 0.300. The lowest BCUT2D eigenvalue weighted by Crippen LogP contribution is -2.30. The van der Waals surface area contributed by atoms with Gasteiger partial charge in [0.25, 0.3) is 0 Å². The molecular formula is C10H13ClN2O3S. The summed E-state index contributed by atoms with van der Waals surface area (Å²) in [7, 11) is -3.42. The molecule has 0 aliphatic heterocycles. The maximum absolute atomic E-state index is 11.2. The molecule has 0 saturated heterocycles. The summed E-state index contributed by atoms with van der Waals surface area (Å²) in [5, 5.41) is 0.533. The number of nitrogens with two attached hydrogens (primary N) is 1. The van der Waals surface area contributed by atoms with Gasteiger partial charge in [-0.3, -0.25) is 4.79 Å². The number of carbonyl (C=O) groups is 1. The molecule has 0 radical (unpaired) electrons. The lowest BCUT2D eigenvalue weighted by atomic mass is 10.0. The van der Waals surface area contributed by atoms with Crippen molar-refractivity contribution in [2.24, 2.45) is 5.73 Å². The zero-order valence-electron chi connectivity index (χ0n) is 9.18. The highest BCUT2D eigenvalue weighted by Gasteiger charge is 2.18. The average Bonchev–Trinajstić information content (AvgIpc) is 2.14. The van der Waals surface area contributed by atoms with Crippen LogP contribution in [-0.2, 0) is 14.8 Å². The molecule has 17 heavy (non-hydrogen) atoms. The van der Waals surface area contributed by atoms with Crippen LogP contribution in [0.2, 0.25) is 5.02 Å². The van der Waals surface area contributed by atoms with Crippen LogP contribution in [0.3, 0.4) is 0 Å². The van der Waals surface area contributed by atoms with Crippen LogP contribution < -0.4 is 10.5 Å². The van der Waals surface area contributed by atoms with Crippen LogP contribution in [-0.4, -0.2) is 20.6 Å². The summed E-state index contributed by atoms with van der Waals surface area (Å²) < 4.78 is 24.7. The molecule has 0 aliphatic rings. The van der Waals surface area contributed by atoms with Gasteiger partial charge in [-0.1, -0.05) is 23.7 Å². The zero-order valence-corrected chi connectivity index (χ0v) is 10.8. The van der Waals surface area contributed by atoms with Crippen molar-refractivity contribution in [1.82, 2.24) is 4.72 Å². The third-order valence-electron chi connectivity index (χ3n) is 2.03. The molecule has 0 bridgehead atoms. The largest absolute Gasteiger partial charge is 0.370 e. The Morgan fingerprint density at radius 3 is 2.35 bits per heavy atom. The lowest BCUT2D eigenvalue weighted by molar-refractivity contribution is -0.118. The van der Waals surface area contributed by atoms with Crippen LogP contribution in [0.25, 0.3) is 0 Å². The third-order valence-corrected chi connectivity index (χ3v) is 3.00. The van der Waals surface area contributed by atoms with Crippen molar-refractivity contribution < 1.29 is 13.2 Å². The number of nitrogens with one attached hydrogen (secondary N) is 1. The number of carbonyl (C=O) groups excluding carboxylic acids is 1. The molecule has 5 nitrogen and oxygen atoms in total. The van der Waals surface area contributed by atoms with E-state index in [0.29, 0.717) is 10.6 Å². The zero-order chi connectivity index (χ0) is 13.1. The SMILES string of the molecule is CS(=O)(=O)N[C@H](CC(N)=O)c1ccc(Cl)cc1. The predicted octanol–water partition coefficient (Wildman–Crippen LogP) is 0.806. The Morgan fingerprint density at radius 2 is 1.94 bits per heavy atom. The van der Waals surface area contributed by atoms with E-state index >= 15 is 0 Å². The number of benzene rings is 1. The fourth-order valence-electron chi connectivity index (χ4n) is 1.38. The highest BCUT2D eigenvalue weighted by molar-refractivity contribution is 7.88. The standard InChI is InChI=1S/C10H13ClN2O3S/c1-17(15,16)13-9(6-10(12)14)7-2-4-8(11)5-3-7/h2-5,9,13H,6H2,1H3,(H2,12,14)/t9-/m1/s1. The van der Waals surface area contributed by atoms with Crippen molar-refractivity contribution in [3.63, 3.8) is 0 Å². The molecule has 1 aromatic carbocycles. The van der Waals surface area contributed by atoms with Crippen LogP contribution in [0.15, 0.2) is 24.3 Å². The van der Waals surface area contributed by atoms with E-state index in [1.165, 1.54) is 0 Å². The number of hydrogen-bond donors (Lipinski definition) is 2. The van der Waals surface area contributed by atoms with Crippen molar-refractivity contribution in [2.45, 2.75) is 12.5 Å². The molecule has 0 aromatic heterocycles. The van der Waals surface area contributed by atoms with Gasteiger partial charge >= 0.3 is 0 Å². The summed E-state index contributed by atoms with van der Waals surface area (Å²) in [5.74, 6) is -0.582. The van der Waals surface area contributed by atoms with Crippen molar-refractivity contribution in [3.05, 3.63) is 34.9 Å². The van der Waals surface area contributed by atoms with Gasteiger partial charge in [-0.2, -0.15) is 0 Å². The van der Waals surface area contributed by atoms with Gasteiger partial charge in [-0.15, -0.1) is 0 Å². The van der Waals surface area contributed by atoms with Crippen molar-refractivity contribution in [2.75, 3.05) is 6.26 Å². The summed E-state index contributed by atoms with van der Waals surface area (Å²) >= 11 is 5.72. The summed E-state index contributed by atoms with van der Waals surface area (Å²) in [5.41, 5.74) is 5.72. The molecule has 1 aromatic rings. The Kier molecular flexibility index (Phi) is 4.50. The van der Waals surface area contributed by atoms with Crippen LogP contribution in [0.1, 0.15) is 18.0 Å². The number of amides is 1. The Labute approximate surface area is 105 Å². The molecule has 0 saturated carbocycles. The maximum Gasteiger partial charge on any atom is 0.219 e. The van der Waals surface area contributed by atoms with E-state index in [2.05, 4.69) is 4.72 Å². The highest BCUT2D eigenvalue weighted by atomic mass is 35.5. The van der Waals surface area contributed by atoms with Gasteiger partial charge < -0.3 is 5.73 Å². The minimum Gasteiger partial charge on any atom is -0.370 e. The second-order valence-electron chi connectivity index (χ2n) is 3.66. The molecule has 3 N–H and O–H groups in total. The van der Waals surface area contributed by atoms with Crippen LogP contribution in [0.5, 0.6) is 0 Å². The summed E-state index contributed by atoms with van der Waals surface area (Å²) in [6.45, 7) is 0. The van der Waals surface area contributed by atoms with Gasteiger partial charge in [-0.05, 0) is 17.7 Å². The molecule has 1 amide bonds. The first-order valence-electron chi connectivity index (χ1n) is 4.79. The number of rotatable bonds is 5. The van der Waals surface area contributed by atoms with Crippen LogP contribution in [0.4, 0.5) is 0 Å². The topological polar surface area (TPSA) is 89.3 Å². The molecule has 7 heteroatoms. The van der Waals surface area contributed by atoms with Crippen LogP contribution in [0, 0.1) is 0 Å². The van der Waals surface area contributed by atoms with Gasteiger partial charge in [0.2, 0.25) is 15.9 Å². The Balaban J connectivity index is 2.97. The molecule has 0 fully saturated rings. The molecule has 0 aliphatic carbocycles. The van der Waals surface area contributed by atoms with Crippen molar-refractivity contribution >= 4 is 27.5 Å². The van der Waals surface area contributed by atoms with Crippen molar-refractivity contribution in [3.8, 4) is 0 Å². The Bertz CT molecular complexity index is 499. The number of hydrogen-bond acceptors (Lipinski definition) is 3. The first-order valence-corrected chi connectivity index (χ1v) is 7.06. The summed E-state index contributed by atoms with van der Waals surface area (Å²) in [6, 6.07) is 5.87.